The standard InChI is InChI=1S/C15H17FN2O2/c1-15(2,10-3-5-11(16)6-4-10)14-17-13(20-18-14)9-7-12(19)8-9/h3-6,9,12,19H,7-8H2,1-2H3. The quantitative estimate of drug-likeness (QED) is 0.936. The van der Waals surface area contributed by atoms with E-state index in [-0.39, 0.29) is 17.8 Å². The number of rotatable bonds is 3. The zero-order valence-electron chi connectivity index (χ0n) is 11.5. The van der Waals surface area contributed by atoms with Crippen LogP contribution in [0.5, 0.6) is 0 Å². The fourth-order valence-corrected chi connectivity index (χ4v) is 2.44. The maximum absolute atomic E-state index is 13.0. The second-order valence-corrected chi connectivity index (χ2v) is 5.91. The predicted molar refractivity (Wildman–Crippen MR) is 70.8 cm³/mol. The molecule has 1 aromatic heterocycles. The minimum absolute atomic E-state index is 0.162. The number of hydrogen-bond donors (Lipinski definition) is 1. The summed E-state index contributed by atoms with van der Waals surface area (Å²) >= 11 is 0. The minimum Gasteiger partial charge on any atom is -0.393 e. The molecule has 4 nitrogen and oxygen atoms in total. The van der Waals surface area contributed by atoms with Crippen LogP contribution in [0.4, 0.5) is 4.39 Å². The Morgan fingerprint density at radius 3 is 2.50 bits per heavy atom. The van der Waals surface area contributed by atoms with Gasteiger partial charge in [-0.25, -0.2) is 4.39 Å². The van der Waals surface area contributed by atoms with Crippen molar-refractivity contribution in [3.63, 3.8) is 0 Å². The Morgan fingerprint density at radius 2 is 1.90 bits per heavy atom. The molecule has 1 aromatic carbocycles. The molecule has 1 aliphatic rings. The first-order valence-corrected chi connectivity index (χ1v) is 6.75. The molecule has 0 bridgehead atoms. The second-order valence-electron chi connectivity index (χ2n) is 5.91. The molecule has 20 heavy (non-hydrogen) atoms. The van der Waals surface area contributed by atoms with Crippen molar-refractivity contribution >= 4 is 0 Å². The molecule has 1 saturated carbocycles. The highest BCUT2D eigenvalue weighted by Crippen LogP contribution is 2.37. The van der Waals surface area contributed by atoms with E-state index in [2.05, 4.69) is 10.1 Å². The van der Waals surface area contributed by atoms with Gasteiger partial charge in [0.1, 0.15) is 5.82 Å². The third kappa shape index (κ3) is 2.22. The topological polar surface area (TPSA) is 59.2 Å². The highest BCUT2D eigenvalue weighted by molar-refractivity contribution is 5.30. The van der Waals surface area contributed by atoms with Gasteiger partial charge in [0, 0.05) is 5.92 Å². The van der Waals surface area contributed by atoms with Crippen molar-refractivity contribution in [2.75, 3.05) is 0 Å². The molecule has 1 N–H and O–H groups in total. The predicted octanol–water partition coefficient (Wildman–Crippen LogP) is 2.77. The highest BCUT2D eigenvalue weighted by Gasteiger charge is 2.35. The number of aromatic nitrogens is 2. The van der Waals surface area contributed by atoms with E-state index >= 15 is 0 Å². The summed E-state index contributed by atoms with van der Waals surface area (Å²) in [6, 6.07) is 6.33. The number of hydrogen-bond acceptors (Lipinski definition) is 4. The van der Waals surface area contributed by atoms with Crippen LogP contribution in [0.25, 0.3) is 0 Å². The van der Waals surface area contributed by atoms with Crippen LogP contribution in [-0.2, 0) is 5.41 Å². The summed E-state index contributed by atoms with van der Waals surface area (Å²) in [4.78, 5) is 4.45. The van der Waals surface area contributed by atoms with E-state index in [0.29, 0.717) is 24.6 Å². The lowest BCUT2D eigenvalue weighted by Crippen LogP contribution is -2.27. The van der Waals surface area contributed by atoms with Crippen molar-refractivity contribution in [2.45, 2.75) is 44.1 Å². The zero-order valence-corrected chi connectivity index (χ0v) is 11.5. The molecule has 0 spiro atoms. The van der Waals surface area contributed by atoms with Crippen LogP contribution < -0.4 is 0 Å². The molecule has 0 atom stereocenters. The minimum atomic E-state index is -0.447. The second kappa shape index (κ2) is 4.66. The van der Waals surface area contributed by atoms with Gasteiger partial charge in [0.2, 0.25) is 5.89 Å². The average Bonchev–Trinajstić information content (AvgIpc) is 2.85. The molecule has 5 heteroatoms. The summed E-state index contributed by atoms with van der Waals surface area (Å²) in [6.07, 6.45) is 1.11. The first kappa shape index (κ1) is 13.2. The Bertz CT molecular complexity index is 601. The molecule has 0 saturated heterocycles. The summed E-state index contributed by atoms with van der Waals surface area (Å²) in [7, 11) is 0. The largest absolute Gasteiger partial charge is 0.393 e. The van der Waals surface area contributed by atoms with Crippen molar-refractivity contribution in [3.05, 3.63) is 47.4 Å². The molecule has 0 aliphatic heterocycles. The number of benzene rings is 1. The molecule has 1 heterocycles. The molecule has 2 aromatic rings. The van der Waals surface area contributed by atoms with Crippen molar-refractivity contribution in [1.29, 1.82) is 0 Å². The molecule has 0 radical (unpaired) electrons. The normalized spacial score (nSPS) is 22.6. The Morgan fingerprint density at radius 1 is 1.25 bits per heavy atom. The first-order valence-electron chi connectivity index (χ1n) is 6.75. The zero-order chi connectivity index (χ0) is 14.3. The molecule has 106 valence electrons. The molecule has 1 fully saturated rings. The third-order valence-electron chi connectivity index (χ3n) is 4.03. The van der Waals surface area contributed by atoms with Gasteiger partial charge in [-0.3, -0.25) is 0 Å². The van der Waals surface area contributed by atoms with Crippen molar-refractivity contribution in [3.8, 4) is 0 Å². The lowest BCUT2D eigenvalue weighted by Gasteiger charge is -2.28. The van der Waals surface area contributed by atoms with Crippen molar-refractivity contribution < 1.29 is 14.0 Å². The van der Waals surface area contributed by atoms with Crippen LogP contribution in [0.1, 0.15) is 49.9 Å². The lowest BCUT2D eigenvalue weighted by molar-refractivity contribution is 0.0625. The van der Waals surface area contributed by atoms with Gasteiger partial charge in [0.15, 0.2) is 5.82 Å². The van der Waals surface area contributed by atoms with Crippen molar-refractivity contribution in [2.24, 2.45) is 0 Å². The summed E-state index contributed by atoms with van der Waals surface area (Å²) in [5, 5.41) is 13.4. The van der Waals surface area contributed by atoms with Crippen LogP contribution in [0, 0.1) is 5.82 Å². The number of aliphatic hydroxyl groups is 1. The van der Waals surface area contributed by atoms with Crippen LogP contribution >= 0.6 is 0 Å². The molecule has 3 rings (SSSR count). The van der Waals surface area contributed by atoms with Crippen LogP contribution in [0.15, 0.2) is 28.8 Å². The SMILES string of the molecule is CC(C)(c1ccc(F)cc1)c1noc(C2CC(O)C2)n1. The van der Waals surface area contributed by atoms with Crippen LogP contribution in [0.3, 0.4) is 0 Å². The van der Waals surface area contributed by atoms with Crippen molar-refractivity contribution in [1.82, 2.24) is 10.1 Å². The lowest BCUT2D eigenvalue weighted by atomic mass is 9.82. The van der Waals surface area contributed by atoms with Gasteiger partial charge >= 0.3 is 0 Å². The number of nitrogens with zero attached hydrogens (tertiary/aromatic N) is 2. The number of halogens is 1. The van der Waals surface area contributed by atoms with E-state index in [9.17, 15) is 9.50 Å². The van der Waals surface area contributed by atoms with E-state index in [0.717, 1.165) is 5.56 Å². The van der Waals surface area contributed by atoms with E-state index in [1.54, 1.807) is 12.1 Å². The summed E-state index contributed by atoms with van der Waals surface area (Å²) < 4.78 is 18.3. The third-order valence-corrected chi connectivity index (χ3v) is 4.03. The van der Waals surface area contributed by atoms with Crippen LogP contribution in [-0.4, -0.2) is 21.4 Å². The highest BCUT2D eigenvalue weighted by atomic mass is 19.1. The maximum atomic E-state index is 13.0. The number of aliphatic hydroxyl groups excluding tert-OH is 1. The monoisotopic (exact) mass is 276 g/mol. The van der Waals surface area contributed by atoms with Gasteiger partial charge in [0.05, 0.1) is 11.5 Å². The van der Waals surface area contributed by atoms with Gasteiger partial charge < -0.3 is 9.63 Å². The molecular formula is C15H17FN2O2. The van der Waals surface area contributed by atoms with Gasteiger partial charge in [-0.2, -0.15) is 4.98 Å². The summed E-state index contributed by atoms with van der Waals surface area (Å²) in [5.41, 5.74) is 0.484. The Balaban J connectivity index is 1.85. The molecule has 0 unspecified atom stereocenters. The van der Waals surface area contributed by atoms with E-state index in [1.165, 1.54) is 12.1 Å². The van der Waals surface area contributed by atoms with Crippen LogP contribution in [0.2, 0.25) is 0 Å². The molecule has 0 amide bonds. The Hall–Kier alpha value is -1.75. The summed E-state index contributed by atoms with van der Waals surface area (Å²) in [5.74, 6) is 1.07. The van der Waals surface area contributed by atoms with E-state index in [4.69, 9.17) is 4.52 Å². The van der Waals surface area contributed by atoms with E-state index < -0.39 is 5.41 Å². The van der Waals surface area contributed by atoms with Gasteiger partial charge in [-0.15, -0.1) is 0 Å². The van der Waals surface area contributed by atoms with E-state index in [1.807, 2.05) is 13.8 Å². The molecule has 1 aliphatic carbocycles. The summed E-state index contributed by atoms with van der Waals surface area (Å²) in [6.45, 7) is 3.95. The average molecular weight is 276 g/mol. The first-order chi connectivity index (χ1) is 9.46. The fourth-order valence-electron chi connectivity index (χ4n) is 2.44. The Labute approximate surface area is 116 Å². The van der Waals surface area contributed by atoms with Gasteiger partial charge in [-0.1, -0.05) is 17.3 Å². The fraction of sp³-hybridized carbons (Fsp3) is 0.467. The molecular weight excluding hydrogens is 259 g/mol. The van der Waals surface area contributed by atoms with Gasteiger partial charge in [-0.05, 0) is 44.4 Å². The van der Waals surface area contributed by atoms with Gasteiger partial charge in [0.25, 0.3) is 0 Å². The smallest absolute Gasteiger partial charge is 0.229 e. The maximum Gasteiger partial charge on any atom is 0.229 e. The Kier molecular flexibility index (Phi) is 3.09.